The maximum atomic E-state index is 9.29. The molecule has 18 heavy (non-hydrogen) atoms. The highest BCUT2D eigenvalue weighted by Gasteiger charge is 2.28. The minimum absolute atomic E-state index is 0.317. The monoisotopic (exact) mass is 251 g/mol. The van der Waals surface area contributed by atoms with Crippen molar-refractivity contribution in [3.05, 3.63) is 0 Å². The van der Waals surface area contributed by atoms with E-state index in [1.54, 1.807) is 0 Å². The number of rotatable bonds is 6. The average molecular weight is 251 g/mol. The molecular weight excluding hydrogens is 222 g/mol. The van der Waals surface area contributed by atoms with Gasteiger partial charge < -0.3 is 5.32 Å². The fourth-order valence-corrected chi connectivity index (χ4v) is 3.15. The van der Waals surface area contributed by atoms with Crippen LogP contribution in [-0.2, 0) is 0 Å². The lowest BCUT2D eigenvalue weighted by atomic mass is 9.91. The molecular formula is C15H29N3. The first-order chi connectivity index (χ1) is 8.58. The highest BCUT2D eigenvalue weighted by atomic mass is 15.2. The van der Waals surface area contributed by atoms with Crippen LogP contribution in [0.3, 0.4) is 0 Å². The van der Waals surface area contributed by atoms with Crippen molar-refractivity contribution < 1.29 is 0 Å². The van der Waals surface area contributed by atoms with E-state index in [0.29, 0.717) is 12.1 Å². The zero-order valence-corrected chi connectivity index (χ0v) is 12.5. The van der Waals surface area contributed by atoms with Crippen molar-refractivity contribution in [1.29, 1.82) is 5.26 Å². The zero-order valence-electron chi connectivity index (χ0n) is 12.5. The molecule has 0 bridgehead atoms. The van der Waals surface area contributed by atoms with E-state index in [9.17, 15) is 5.26 Å². The number of nitriles is 1. The summed E-state index contributed by atoms with van der Waals surface area (Å²) in [6, 6.07) is 3.86. The van der Waals surface area contributed by atoms with Gasteiger partial charge in [-0.25, -0.2) is 0 Å². The summed E-state index contributed by atoms with van der Waals surface area (Å²) >= 11 is 0. The molecule has 0 saturated carbocycles. The van der Waals surface area contributed by atoms with Crippen LogP contribution >= 0.6 is 0 Å². The maximum absolute atomic E-state index is 9.29. The van der Waals surface area contributed by atoms with Gasteiger partial charge in [-0.3, -0.25) is 4.90 Å². The smallest absolute Gasteiger partial charge is 0.106 e. The maximum Gasteiger partial charge on any atom is 0.106 e. The van der Waals surface area contributed by atoms with E-state index in [0.717, 1.165) is 25.8 Å². The molecule has 1 N–H and O–H groups in total. The number of nitrogens with one attached hydrogen (secondary N) is 1. The normalized spacial score (nSPS) is 28.6. The summed E-state index contributed by atoms with van der Waals surface area (Å²) in [5, 5.41) is 12.5. The van der Waals surface area contributed by atoms with Gasteiger partial charge in [-0.05, 0) is 59.5 Å². The van der Waals surface area contributed by atoms with E-state index in [1.165, 1.54) is 19.3 Å². The van der Waals surface area contributed by atoms with Gasteiger partial charge in [0.25, 0.3) is 0 Å². The Morgan fingerprint density at radius 1 is 1.33 bits per heavy atom. The second kappa shape index (κ2) is 7.11. The van der Waals surface area contributed by atoms with Crippen molar-refractivity contribution in [2.45, 2.75) is 76.9 Å². The van der Waals surface area contributed by atoms with Crippen LogP contribution < -0.4 is 5.32 Å². The largest absolute Gasteiger partial charge is 0.302 e. The van der Waals surface area contributed by atoms with Gasteiger partial charge in [0.2, 0.25) is 0 Å². The summed E-state index contributed by atoms with van der Waals surface area (Å²) in [6.45, 7) is 7.90. The van der Waals surface area contributed by atoms with Crippen LogP contribution in [0.25, 0.3) is 0 Å². The summed E-state index contributed by atoms with van der Waals surface area (Å²) in [5.74, 6) is 0. The van der Waals surface area contributed by atoms with Crippen molar-refractivity contribution in [3.63, 3.8) is 0 Å². The Balaban J connectivity index is 2.43. The molecule has 1 saturated heterocycles. The Morgan fingerprint density at radius 3 is 2.39 bits per heavy atom. The second-order valence-electron chi connectivity index (χ2n) is 5.77. The van der Waals surface area contributed by atoms with Gasteiger partial charge in [0.15, 0.2) is 0 Å². The minimum atomic E-state index is -0.317. The molecule has 3 unspecified atom stereocenters. The number of hydrogen-bond acceptors (Lipinski definition) is 3. The topological polar surface area (TPSA) is 39.1 Å². The standard InChI is InChI=1S/C15H29N3/c1-5-15(12-16,17-4)10-7-11-18-13(2)8-6-9-14(18)3/h13-14,17H,5-11H2,1-4H3. The lowest BCUT2D eigenvalue weighted by Gasteiger charge is -2.39. The second-order valence-corrected chi connectivity index (χ2v) is 5.77. The molecule has 3 atom stereocenters. The molecule has 0 aromatic rings. The van der Waals surface area contributed by atoms with Gasteiger partial charge in [0.05, 0.1) is 6.07 Å². The fraction of sp³-hybridized carbons (Fsp3) is 0.933. The van der Waals surface area contributed by atoms with Crippen LogP contribution in [0.15, 0.2) is 0 Å². The van der Waals surface area contributed by atoms with Crippen LogP contribution in [0.2, 0.25) is 0 Å². The van der Waals surface area contributed by atoms with Gasteiger partial charge in [-0.2, -0.15) is 5.26 Å². The third-order valence-electron chi connectivity index (χ3n) is 4.69. The quantitative estimate of drug-likeness (QED) is 0.789. The van der Waals surface area contributed by atoms with Crippen molar-refractivity contribution in [3.8, 4) is 6.07 Å². The summed E-state index contributed by atoms with van der Waals surface area (Å²) in [5.41, 5.74) is -0.317. The molecule has 3 nitrogen and oxygen atoms in total. The highest BCUT2D eigenvalue weighted by Crippen LogP contribution is 2.24. The minimum Gasteiger partial charge on any atom is -0.302 e. The van der Waals surface area contributed by atoms with Gasteiger partial charge in [-0.15, -0.1) is 0 Å². The van der Waals surface area contributed by atoms with Gasteiger partial charge in [0, 0.05) is 12.1 Å². The molecule has 0 aromatic carbocycles. The summed E-state index contributed by atoms with van der Waals surface area (Å²) in [7, 11) is 1.90. The predicted octanol–water partition coefficient (Wildman–Crippen LogP) is 2.92. The van der Waals surface area contributed by atoms with Crippen LogP contribution in [0, 0.1) is 11.3 Å². The fourth-order valence-electron chi connectivity index (χ4n) is 3.15. The third-order valence-corrected chi connectivity index (χ3v) is 4.69. The molecule has 0 aromatic heterocycles. The first-order valence-corrected chi connectivity index (χ1v) is 7.44. The van der Waals surface area contributed by atoms with E-state index < -0.39 is 0 Å². The Kier molecular flexibility index (Phi) is 6.11. The first kappa shape index (κ1) is 15.5. The molecule has 0 aliphatic carbocycles. The summed E-state index contributed by atoms with van der Waals surface area (Å²) < 4.78 is 0. The number of piperidine rings is 1. The van der Waals surface area contributed by atoms with Gasteiger partial charge in [0.1, 0.15) is 5.54 Å². The Morgan fingerprint density at radius 2 is 1.94 bits per heavy atom. The molecule has 0 amide bonds. The summed E-state index contributed by atoms with van der Waals surface area (Å²) in [4.78, 5) is 2.62. The van der Waals surface area contributed by atoms with Crippen molar-refractivity contribution in [1.82, 2.24) is 10.2 Å². The van der Waals surface area contributed by atoms with E-state index in [4.69, 9.17) is 0 Å². The molecule has 3 heteroatoms. The molecule has 1 aliphatic rings. The lowest BCUT2D eigenvalue weighted by Crippen LogP contribution is -2.46. The van der Waals surface area contributed by atoms with Crippen molar-refractivity contribution in [2.75, 3.05) is 13.6 Å². The molecule has 1 rings (SSSR count). The van der Waals surface area contributed by atoms with E-state index in [2.05, 4.69) is 37.1 Å². The van der Waals surface area contributed by atoms with E-state index >= 15 is 0 Å². The van der Waals surface area contributed by atoms with Gasteiger partial charge >= 0.3 is 0 Å². The molecule has 0 radical (unpaired) electrons. The SMILES string of the molecule is CCC(C#N)(CCCN1C(C)CCCC1C)NC. The first-order valence-electron chi connectivity index (χ1n) is 7.44. The van der Waals surface area contributed by atoms with Crippen LogP contribution in [0.5, 0.6) is 0 Å². The van der Waals surface area contributed by atoms with Crippen molar-refractivity contribution in [2.24, 2.45) is 0 Å². The average Bonchev–Trinajstić information content (AvgIpc) is 2.38. The number of hydrogen-bond donors (Lipinski definition) is 1. The number of likely N-dealkylation sites (tertiary alicyclic amines) is 1. The van der Waals surface area contributed by atoms with Crippen molar-refractivity contribution >= 4 is 0 Å². The Bertz CT molecular complexity index is 268. The van der Waals surface area contributed by atoms with Gasteiger partial charge in [-0.1, -0.05) is 13.3 Å². The molecule has 0 spiro atoms. The lowest BCUT2D eigenvalue weighted by molar-refractivity contribution is 0.0990. The van der Waals surface area contributed by atoms with Crippen LogP contribution in [0.1, 0.15) is 59.3 Å². The number of nitrogens with zero attached hydrogens (tertiary/aromatic N) is 2. The summed E-state index contributed by atoms with van der Waals surface area (Å²) in [6.07, 6.45) is 6.96. The van der Waals surface area contributed by atoms with E-state index in [1.807, 2.05) is 7.05 Å². The van der Waals surface area contributed by atoms with Crippen LogP contribution in [0.4, 0.5) is 0 Å². The predicted molar refractivity (Wildman–Crippen MR) is 76.4 cm³/mol. The highest BCUT2D eigenvalue weighted by molar-refractivity contribution is 5.05. The molecule has 1 fully saturated rings. The molecule has 1 heterocycles. The van der Waals surface area contributed by atoms with E-state index in [-0.39, 0.29) is 5.54 Å². The zero-order chi connectivity index (χ0) is 13.6. The molecule has 1 aliphatic heterocycles. The third kappa shape index (κ3) is 3.70. The molecule has 104 valence electrons. The Labute approximate surface area is 113 Å². The van der Waals surface area contributed by atoms with Crippen LogP contribution in [-0.4, -0.2) is 36.1 Å². The Hall–Kier alpha value is -0.590.